The lowest BCUT2D eigenvalue weighted by atomic mass is 10.1. The Morgan fingerprint density at radius 2 is 2.33 bits per heavy atom. The molecular weight excluding hydrogens is 262 g/mol. The molecule has 21 heavy (non-hydrogen) atoms. The van der Waals surface area contributed by atoms with Gasteiger partial charge in [-0.25, -0.2) is 0 Å². The number of nitrogens with zero attached hydrogens (tertiary/aromatic N) is 4. The molecule has 2 aromatic heterocycles. The molecule has 1 aliphatic carbocycles. The molecule has 0 radical (unpaired) electrons. The second-order valence-electron chi connectivity index (χ2n) is 5.15. The van der Waals surface area contributed by atoms with Crippen LogP contribution in [0.1, 0.15) is 29.4 Å². The summed E-state index contributed by atoms with van der Waals surface area (Å²) in [7, 11) is 1.91. The molecule has 0 bridgehead atoms. The number of fused-ring (bicyclic) bond motifs is 1. The molecule has 106 valence electrons. The van der Waals surface area contributed by atoms with Crippen LogP contribution in [0.2, 0.25) is 0 Å². The molecule has 0 aliphatic heterocycles. The molecule has 1 N–H and O–H groups in total. The van der Waals surface area contributed by atoms with Gasteiger partial charge in [0.05, 0.1) is 23.5 Å². The Hall–Kier alpha value is -2.61. The molecule has 0 amide bonds. The molecular formula is C16H17N5. The lowest BCUT2D eigenvalue weighted by Crippen LogP contribution is -2.05. The van der Waals surface area contributed by atoms with E-state index in [0.717, 1.165) is 53.2 Å². The van der Waals surface area contributed by atoms with E-state index >= 15 is 0 Å². The van der Waals surface area contributed by atoms with E-state index in [0.29, 0.717) is 0 Å². The Morgan fingerprint density at radius 3 is 3.00 bits per heavy atom. The number of hydrogen-bond donors (Lipinski definition) is 1. The third kappa shape index (κ3) is 2.52. The molecule has 5 nitrogen and oxygen atoms in total. The summed E-state index contributed by atoms with van der Waals surface area (Å²) in [5.41, 5.74) is 5.83. The highest BCUT2D eigenvalue weighted by atomic mass is 15.2. The first-order valence-electron chi connectivity index (χ1n) is 7.06. The van der Waals surface area contributed by atoms with Gasteiger partial charge >= 0.3 is 0 Å². The first kappa shape index (κ1) is 13.4. The Morgan fingerprint density at radius 1 is 1.48 bits per heavy atom. The minimum absolute atomic E-state index is 0.723. The van der Waals surface area contributed by atoms with Crippen LogP contribution in [0, 0.1) is 11.3 Å². The predicted molar refractivity (Wildman–Crippen MR) is 81.7 cm³/mol. The number of aryl methyl sites for hydroxylation is 1. The summed E-state index contributed by atoms with van der Waals surface area (Å²) in [6.07, 6.45) is 7.30. The zero-order chi connectivity index (χ0) is 14.8. The lowest BCUT2D eigenvalue weighted by Gasteiger charge is -2.12. The first-order chi connectivity index (χ1) is 10.2. The van der Waals surface area contributed by atoms with E-state index < -0.39 is 0 Å². The lowest BCUT2D eigenvalue weighted by molar-refractivity contribution is 0.767. The van der Waals surface area contributed by atoms with Crippen LogP contribution < -0.4 is 5.32 Å². The van der Waals surface area contributed by atoms with Crippen LogP contribution in [0.15, 0.2) is 24.5 Å². The normalized spacial score (nSPS) is 12.7. The van der Waals surface area contributed by atoms with Gasteiger partial charge in [-0.05, 0) is 18.6 Å². The zero-order valence-corrected chi connectivity index (χ0v) is 12.2. The Balaban J connectivity index is 1.98. The minimum Gasteiger partial charge on any atom is -0.385 e. The summed E-state index contributed by atoms with van der Waals surface area (Å²) < 4.78 is 1.79. The predicted octanol–water partition coefficient (Wildman–Crippen LogP) is 2.30. The standard InChI is InChI=1S/C16H17N5/c1-3-18-15-7-13(6-11-9-19-21(2)10-11)20-14-5-4-12(8-17)16(14)15/h4,7,9-10H,3,5-6H2,1-2H3,(H,18,20). The van der Waals surface area contributed by atoms with Gasteiger partial charge in [0.2, 0.25) is 0 Å². The molecule has 3 rings (SSSR count). The van der Waals surface area contributed by atoms with Crippen LogP contribution in [-0.2, 0) is 19.9 Å². The largest absolute Gasteiger partial charge is 0.385 e. The van der Waals surface area contributed by atoms with Crippen LogP contribution in [-0.4, -0.2) is 21.3 Å². The number of nitrogens with one attached hydrogen (secondary N) is 1. The van der Waals surface area contributed by atoms with Gasteiger partial charge in [0.25, 0.3) is 0 Å². The number of nitriles is 1. The monoisotopic (exact) mass is 279 g/mol. The summed E-state index contributed by atoms with van der Waals surface area (Å²) >= 11 is 0. The third-order valence-electron chi connectivity index (χ3n) is 3.55. The zero-order valence-electron chi connectivity index (χ0n) is 12.2. The Kier molecular flexibility index (Phi) is 3.44. The van der Waals surface area contributed by atoms with Crippen molar-refractivity contribution in [2.24, 2.45) is 7.05 Å². The second kappa shape index (κ2) is 5.41. The smallest absolute Gasteiger partial charge is 0.0996 e. The van der Waals surface area contributed by atoms with Crippen LogP contribution >= 0.6 is 0 Å². The van der Waals surface area contributed by atoms with Crippen molar-refractivity contribution >= 4 is 11.3 Å². The van der Waals surface area contributed by atoms with E-state index in [9.17, 15) is 5.26 Å². The highest BCUT2D eigenvalue weighted by molar-refractivity contribution is 5.88. The van der Waals surface area contributed by atoms with E-state index in [1.165, 1.54) is 0 Å². The molecule has 2 aromatic rings. The number of allylic oxidation sites excluding steroid dienone is 2. The van der Waals surface area contributed by atoms with Gasteiger partial charge in [-0.2, -0.15) is 10.4 Å². The highest BCUT2D eigenvalue weighted by Gasteiger charge is 2.20. The van der Waals surface area contributed by atoms with Crippen LogP contribution in [0.4, 0.5) is 5.69 Å². The average Bonchev–Trinajstić information content (AvgIpc) is 3.05. The molecule has 5 heteroatoms. The molecule has 2 heterocycles. The summed E-state index contributed by atoms with van der Waals surface area (Å²) in [6, 6.07) is 4.31. The van der Waals surface area contributed by atoms with Crippen molar-refractivity contribution in [3.8, 4) is 6.07 Å². The fraction of sp³-hybridized carbons (Fsp3) is 0.312. The molecule has 0 saturated heterocycles. The molecule has 0 aromatic carbocycles. The fourth-order valence-electron chi connectivity index (χ4n) is 2.70. The minimum atomic E-state index is 0.723. The number of aromatic nitrogens is 3. The molecule has 1 aliphatic rings. The first-order valence-corrected chi connectivity index (χ1v) is 7.06. The van der Waals surface area contributed by atoms with Gasteiger partial charge in [-0.3, -0.25) is 9.67 Å². The second-order valence-corrected chi connectivity index (χ2v) is 5.15. The van der Waals surface area contributed by atoms with E-state index in [4.69, 9.17) is 4.98 Å². The maximum atomic E-state index is 9.23. The maximum absolute atomic E-state index is 9.23. The van der Waals surface area contributed by atoms with Crippen molar-refractivity contribution in [1.29, 1.82) is 5.26 Å². The molecule has 0 saturated carbocycles. The van der Waals surface area contributed by atoms with Crippen molar-refractivity contribution in [2.75, 3.05) is 11.9 Å². The molecule has 0 atom stereocenters. The highest BCUT2D eigenvalue weighted by Crippen LogP contribution is 2.33. The third-order valence-corrected chi connectivity index (χ3v) is 3.55. The van der Waals surface area contributed by atoms with Gasteiger partial charge in [-0.15, -0.1) is 0 Å². The van der Waals surface area contributed by atoms with E-state index in [1.54, 1.807) is 4.68 Å². The van der Waals surface area contributed by atoms with Gasteiger partial charge in [0.15, 0.2) is 0 Å². The summed E-state index contributed by atoms with van der Waals surface area (Å²) in [6.45, 7) is 2.87. The van der Waals surface area contributed by atoms with Crippen molar-refractivity contribution in [3.63, 3.8) is 0 Å². The quantitative estimate of drug-likeness (QED) is 0.932. The topological polar surface area (TPSA) is 66.5 Å². The van der Waals surface area contributed by atoms with Gasteiger partial charge in [0, 0.05) is 49.6 Å². The SMILES string of the molecule is CCNc1cc(Cc2cnn(C)c2)nc2c1C(C#N)=CC2. The Bertz CT molecular complexity index is 749. The molecule has 0 fully saturated rings. The van der Waals surface area contributed by atoms with Crippen molar-refractivity contribution < 1.29 is 0 Å². The maximum Gasteiger partial charge on any atom is 0.0996 e. The summed E-state index contributed by atoms with van der Waals surface area (Å²) in [4.78, 5) is 4.72. The van der Waals surface area contributed by atoms with E-state index in [2.05, 4.69) is 23.4 Å². The van der Waals surface area contributed by atoms with Crippen molar-refractivity contribution in [3.05, 3.63) is 47.1 Å². The summed E-state index contributed by atoms with van der Waals surface area (Å²) in [5.74, 6) is 0. The van der Waals surface area contributed by atoms with Crippen LogP contribution in [0.3, 0.4) is 0 Å². The van der Waals surface area contributed by atoms with Crippen molar-refractivity contribution in [1.82, 2.24) is 14.8 Å². The fourth-order valence-corrected chi connectivity index (χ4v) is 2.70. The number of pyridine rings is 1. The summed E-state index contributed by atoms with van der Waals surface area (Å²) in [5, 5.41) is 16.8. The van der Waals surface area contributed by atoms with E-state index in [-0.39, 0.29) is 0 Å². The van der Waals surface area contributed by atoms with E-state index in [1.807, 2.05) is 31.6 Å². The van der Waals surface area contributed by atoms with Crippen LogP contribution in [0.5, 0.6) is 0 Å². The van der Waals surface area contributed by atoms with Crippen LogP contribution in [0.25, 0.3) is 5.57 Å². The number of anilines is 1. The van der Waals surface area contributed by atoms with Gasteiger partial charge < -0.3 is 5.32 Å². The average molecular weight is 279 g/mol. The number of hydrogen-bond acceptors (Lipinski definition) is 4. The Labute approximate surface area is 123 Å². The molecule has 0 spiro atoms. The molecule has 0 unspecified atom stereocenters. The van der Waals surface area contributed by atoms with Gasteiger partial charge in [-0.1, -0.05) is 6.08 Å². The van der Waals surface area contributed by atoms with Gasteiger partial charge in [0.1, 0.15) is 0 Å². The van der Waals surface area contributed by atoms with Crippen molar-refractivity contribution in [2.45, 2.75) is 19.8 Å². The number of rotatable bonds is 4.